The number of hydrogen-bond acceptors (Lipinski definition) is 5. The number of sulfonamides is 1. The number of rotatable bonds is 8. The van der Waals surface area contributed by atoms with Crippen molar-refractivity contribution in [3.05, 3.63) is 47.5 Å². The van der Waals surface area contributed by atoms with E-state index >= 15 is 0 Å². The Kier molecular flexibility index (Phi) is 7.51. The van der Waals surface area contributed by atoms with Crippen LogP contribution in [-0.4, -0.2) is 45.1 Å². The van der Waals surface area contributed by atoms with Crippen molar-refractivity contribution in [2.45, 2.75) is 30.6 Å². The van der Waals surface area contributed by atoms with Crippen LogP contribution in [0.15, 0.2) is 46.2 Å². The van der Waals surface area contributed by atoms with Crippen molar-refractivity contribution in [2.75, 3.05) is 31.8 Å². The molecule has 28 heavy (non-hydrogen) atoms. The highest BCUT2D eigenvalue weighted by atomic mass is 32.2. The van der Waals surface area contributed by atoms with Crippen LogP contribution >= 0.6 is 11.8 Å². The molecule has 0 aromatic heterocycles. The fourth-order valence-corrected chi connectivity index (χ4v) is 4.25. The first-order valence-electron chi connectivity index (χ1n) is 8.84. The summed E-state index contributed by atoms with van der Waals surface area (Å²) in [7, 11) is -0.791. The molecule has 8 heteroatoms. The summed E-state index contributed by atoms with van der Waals surface area (Å²) in [6, 6.07) is 10.7. The quantitative estimate of drug-likeness (QED) is 0.657. The molecule has 0 spiro atoms. The van der Waals surface area contributed by atoms with E-state index in [9.17, 15) is 13.2 Å². The van der Waals surface area contributed by atoms with Crippen LogP contribution in [0.1, 0.15) is 18.1 Å². The topological polar surface area (TPSA) is 75.7 Å². The number of anilines is 1. The third-order valence-electron chi connectivity index (χ3n) is 4.13. The minimum absolute atomic E-state index is 0.0268. The molecule has 2 aromatic carbocycles. The fraction of sp³-hybridized carbons (Fsp3) is 0.350. The lowest BCUT2D eigenvalue weighted by atomic mass is 10.1. The van der Waals surface area contributed by atoms with Gasteiger partial charge in [-0.3, -0.25) is 4.79 Å². The fourth-order valence-electron chi connectivity index (χ4n) is 2.41. The molecule has 0 fully saturated rings. The number of aryl methyl sites for hydroxylation is 2. The molecule has 0 unspecified atom stereocenters. The van der Waals surface area contributed by atoms with E-state index in [-0.39, 0.29) is 22.3 Å². The lowest BCUT2D eigenvalue weighted by Crippen LogP contribution is -2.23. The van der Waals surface area contributed by atoms with E-state index in [4.69, 9.17) is 4.74 Å². The number of thioether (sulfide) groups is 1. The first-order valence-corrected chi connectivity index (χ1v) is 11.3. The van der Waals surface area contributed by atoms with Gasteiger partial charge in [-0.15, -0.1) is 11.8 Å². The standard InChI is InChI=1S/C20H26N2O4S2/c1-6-26-18-10-8-16(12-19(18)28(24,25)22(4)5)21-20(23)13-27-17-9-7-14(2)15(3)11-17/h7-12H,6,13H2,1-5H3,(H,21,23). The molecule has 2 rings (SSSR count). The highest BCUT2D eigenvalue weighted by Crippen LogP contribution is 2.29. The average molecular weight is 423 g/mol. The molecule has 0 bridgehead atoms. The average Bonchev–Trinajstić information content (AvgIpc) is 2.64. The lowest BCUT2D eigenvalue weighted by molar-refractivity contribution is -0.113. The Morgan fingerprint density at radius 1 is 1.11 bits per heavy atom. The zero-order valence-corrected chi connectivity index (χ0v) is 18.4. The van der Waals surface area contributed by atoms with E-state index < -0.39 is 10.0 Å². The van der Waals surface area contributed by atoms with Gasteiger partial charge in [-0.1, -0.05) is 6.07 Å². The van der Waals surface area contributed by atoms with Gasteiger partial charge in [-0.2, -0.15) is 0 Å². The van der Waals surface area contributed by atoms with Crippen molar-refractivity contribution in [3.8, 4) is 5.75 Å². The second kappa shape index (κ2) is 9.45. The zero-order chi connectivity index (χ0) is 20.9. The highest BCUT2D eigenvalue weighted by Gasteiger charge is 2.23. The SMILES string of the molecule is CCOc1ccc(NC(=O)CSc2ccc(C)c(C)c2)cc1S(=O)(=O)N(C)C. The Balaban J connectivity index is 2.14. The monoisotopic (exact) mass is 422 g/mol. The molecule has 0 atom stereocenters. The largest absolute Gasteiger partial charge is 0.492 e. The molecule has 0 radical (unpaired) electrons. The van der Waals surface area contributed by atoms with Gasteiger partial charge in [0.2, 0.25) is 15.9 Å². The van der Waals surface area contributed by atoms with Crippen LogP contribution in [0.4, 0.5) is 5.69 Å². The van der Waals surface area contributed by atoms with Crippen LogP contribution in [0.2, 0.25) is 0 Å². The van der Waals surface area contributed by atoms with E-state index in [1.807, 2.05) is 32.0 Å². The Hall–Kier alpha value is -2.03. The van der Waals surface area contributed by atoms with Crippen LogP contribution in [-0.2, 0) is 14.8 Å². The number of hydrogen-bond donors (Lipinski definition) is 1. The number of carbonyl (C=O) groups excluding carboxylic acids is 1. The van der Waals surface area contributed by atoms with Crippen molar-refractivity contribution in [3.63, 3.8) is 0 Å². The maximum Gasteiger partial charge on any atom is 0.246 e. The Bertz CT molecular complexity index is 957. The van der Waals surface area contributed by atoms with Gasteiger partial charge in [-0.25, -0.2) is 12.7 Å². The van der Waals surface area contributed by atoms with Crippen LogP contribution in [0, 0.1) is 13.8 Å². The Morgan fingerprint density at radius 3 is 2.43 bits per heavy atom. The van der Waals surface area contributed by atoms with Crippen LogP contribution in [0.3, 0.4) is 0 Å². The van der Waals surface area contributed by atoms with Crippen molar-refractivity contribution in [2.24, 2.45) is 0 Å². The summed E-state index contributed by atoms with van der Waals surface area (Å²) in [4.78, 5) is 13.4. The molecule has 0 aliphatic heterocycles. The molecule has 152 valence electrons. The molecule has 0 aliphatic rings. The second-order valence-corrected chi connectivity index (χ2v) is 9.63. The van der Waals surface area contributed by atoms with Crippen molar-refractivity contribution < 1.29 is 17.9 Å². The van der Waals surface area contributed by atoms with Crippen LogP contribution in [0.5, 0.6) is 5.75 Å². The molecule has 0 saturated heterocycles. The zero-order valence-electron chi connectivity index (χ0n) is 16.8. The number of nitrogens with zero attached hydrogens (tertiary/aromatic N) is 1. The van der Waals surface area contributed by atoms with Crippen molar-refractivity contribution in [1.29, 1.82) is 0 Å². The van der Waals surface area contributed by atoms with Crippen molar-refractivity contribution >= 4 is 33.4 Å². The molecule has 6 nitrogen and oxygen atoms in total. The van der Waals surface area contributed by atoms with Gasteiger partial charge in [0.05, 0.1) is 12.4 Å². The maximum absolute atomic E-state index is 12.6. The number of amides is 1. The smallest absolute Gasteiger partial charge is 0.246 e. The van der Waals surface area contributed by atoms with Gasteiger partial charge in [0.15, 0.2) is 0 Å². The maximum atomic E-state index is 12.6. The third kappa shape index (κ3) is 5.50. The lowest BCUT2D eigenvalue weighted by Gasteiger charge is -2.16. The molecule has 0 saturated carbocycles. The minimum Gasteiger partial charge on any atom is -0.492 e. The summed E-state index contributed by atoms with van der Waals surface area (Å²) < 4.78 is 31.7. The highest BCUT2D eigenvalue weighted by molar-refractivity contribution is 8.00. The Morgan fingerprint density at radius 2 is 1.82 bits per heavy atom. The van der Waals surface area contributed by atoms with Crippen molar-refractivity contribution in [1.82, 2.24) is 4.31 Å². The first-order chi connectivity index (χ1) is 13.1. The van der Waals surface area contributed by atoms with E-state index in [2.05, 4.69) is 5.32 Å². The number of benzene rings is 2. The Labute approximate surface area is 171 Å². The van der Waals surface area contributed by atoms with Gasteiger partial charge in [0.1, 0.15) is 10.6 Å². The van der Waals surface area contributed by atoms with Gasteiger partial charge in [0, 0.05) is 24.7 Å². The van der Waals surface area contributed by atoms with Gasteiger partial charge in [0.25, 0.3) is 0 Å². The molecule has 1 N–H and O–H groups in total. The summed E-state index contributed by atoms with van der Waals surface area (Å²) in [5.74, 6) is 0.283. The van der Waals surface area contributed by atoms with Crippen LogP contribution < -0.4 is 10.1 Å². The number of nitrogens with one attached hydrogen (secondary N) is 1. The molecular weight excluding hydrogens is 396 g/mol. The first kappa shape index (κ1) is 22.3. The van der Waals surface area contributed by atoms with Gasteiger partial charge in [-0.05, 0) is 62.2 Å². The van der Waals surface area contributed by atoms with Gasteiger partial charge < -0.3 is 10.1 Å². The summed E-state index contributed by atoms with van der Waals surface area (Å²) >= 11 is 1.43. The predicted octanol–water partition coefficient (Wildman–Crippen LogP) is 3.68. The van der Waals surface area contributed by atoms with Gasteiger partial charge >= 0.3 is 0 Å². The molecule has 0 aliphatic carbocycles. The second-order valence-electron chi connectivity index (χ2n) is 6.46. The molecule has 1 amide bonds. The molecular formula is C20H26N2O4S2. The normalized spacial score (nSPS) is 11.5. The number of ether oxygens (including phenoxy) is 1. The van der Waals surface area contributed by atoms with Crippen LogP contribution in [0.25, 0.3) is 0 Å². The third-order valence-corrected chi connectivity index (χ3v) is 6.96. The summed E-state index contributed by atoms with van der Waals surface area (Å²) in [5.41, 5.74) is 2.79. The van der Waals surface area contributed by atoms with E-state index in [1.54, 1.807) is 19.1 Å². The molecule has 0 heterocycles. The number of carbonyl (C=O) groups is 1. The van der Waals surface area contributed by atoms with E-state index in [0.29, 0.717) is 12.3 Å². The predicted molar refractivity (Wildman–Crippen MR) is 114 cm³/mol. The van der Waals surface area contributed by atoms with E-state index in [0.717, 1.165) is 9.20 Å². The summed E-state index contributed by atoms with van der Waals surface area (Å²) in [6.07, 6.45) is 0. The molecule has 2 aromatic rings. The van der Waals surface area contributed by atoms with E-state index in [1.165, 1.54) is 43.1 Å². The summed E-state index contributed by atoms with van der Waals surface area (Å²) in [6.45, 7) is 6.20. The minimum atomic E-state index is -3.70. The summed E-state index contributed by atoms with van der Waals surface area (Å²) in [5, 5.41) is 2.76.